The molecule has 0 bridgehead atoms. The van der Waals surface area contributed by atoms with Crippen LogP contribution in [0.15, 0.2) is 41.3 Å². The van der Waals surface area contributed by atoms with Crippen molar-refractivity contribution < 1.29 is 22.7 Å². The first-order valence-electron chi connectivity index (χ1n) is 9.69. The number of hydrogen-bond donors (Lipinski definition) is 0. The monoisotopic (exact) mass is 497 g/mol. The molecule has 0 fully saturated rings. The average Bonchev–Trinajstić information content (AvgIpc) is 3.15. The lowest BCUT2D eigenvalue weighted by molar-refractivity contribution is 0.0984. The third-order valence-electron chi connectivity index (χ3n) is 4.81. The van der Waals surface area contributed by atoms with Crippen LogP contribution in [0.25, 0.3) is 10.2 Å². The number of nitrogens with zero attached hydrogens (tertiary/aromatic N) is 3. The van der Waals surface area contributed by atoms with Gasteiger partial charge in [-0.05, 0) is 50.5 Å². The Labute approximate surface area is 197 Å². The van der Waals surface area contributed by atoms with Gasteiger partial charge in [0.15, 0.2) is 26.5 Å². The molecule has 0 spiro atoms. The number of benzene rings is 2. The van der Waals surface area contributed by atoms with E-state index in [9.17, 15) is 13.2 Å². The lowest BCUT2D eigenvalue weighted by atomic mass is 10.1. The van der Waals surface area contributed by atoms with E-state index in [2.05, 4.69) is 4.98 Å². The maximum Gasteiger partial charge on any atom is 0.260 e. The van der Waals surface area contributed by atoms with Crippen molar-refractivity contribution in [1.82, 2.24) is 9.88 Å². The van der Waals surface area contributed by atoms with Gasteiger partial charge in [0.2, 0.25) is 0 Å². The molecule has 1 aliphatic heterocycles. The zero-order chi connectivity index (χ0) is 22.2. The molecule has 1 aromatic heterocycles. The molecule has 2 heterocycles. The van der Waals surface area contributed by atoms with E-state index in [1.54, 1.807) is 35.2 Å². The number of ether oxygens (including phenoxy) is 2. The second kappa shape index (κ2) is 9.62. The zero-order valence-electron chi connectivity index (χ0n) is 17.9. The van der Waals surface area contributed by atoms with Crippen LogP contribution in [0.1, 0.15) is 10.4 Å². The predicted octanol–water partition coefficient (Wildman–Crippen LogP) is 3.10. The Bertz CT molecular complexity index is 1240. The van der Waals surface area contributed by atoms with Gasteiger partial charge in [-0.1, -0.05) is 11.3 Å². The van der Waals surface area contributed by atoms with Crippen molar-refractivity contribution in [3.8, 4) is 11.5 Å². The molecule has 0 atom stereocenters. The number of sulfone groups is 1. The van der Waals surface area contributed by atoms with Crippen molar-refractivity contribution in [2.45, 2.75) is 4.90 Å². The lowest BCUT2D eigenvalue weighted by Gasteiger charge is -2.23. The van der Waals surface area contributed by atoms with Crippen molar-refractivity contribution in [3.63, 3.8) is 0 Å². The summed E-state index contributed by atoms with van der Waals surface area (Å²) in [4.78, 5) is 21.9. The van der Waals surface area contributed by atoms with E-state index in [0.717, 1.165) is 0 Å². The largest absolute Gasteiger partial charge is 0.486 e. The number of anilines is 1. The number of hydrogen-bond acceptors (Lipinski definition) is 8. The minimum atomic E-state index is -3.33. The van der Waals surface area contributed by atoms with E-state index in [1.807, 2.05) is 19.0 Å². The summed E-state index contributed by atoms with van der Waals surface area (Å²) in [6, 6.07) is 9.95. The maximum absolute atomic E-state index is 13.4. The van der Waals surface area contributed by atoms with E-state index in [1.165, 1.54) is 23.7 Å². The Hall–Kier alpha value is -2.40. The summed E-state index contributed by atoms with van der Waals surface area (Å²) >= 11 is 1.29. The van der Waals surface area contributed by atoms with E-state index in [4.69, 9.17) is 9.47 Å². The number of carbonyl (C=O) groups is 1. The number of carbonyl (C=O) groups excluding carboxylic acids is 1. The summed E-state index contributed by atoms with van der Waals surface area (Å²) in [6.07, 6.45) is 1.17. The molecule has 11 heteroatoms. The van der Waals surface area contributed by atoms with Gasteiger partial charge in [-0.25, -0.2) is 13.4 Å². The maximum atomic E-state index is 13.4. The highest BCUT2D eigenvalue weighted by atomic mass is 35.5. The molecular formula is C21H24ClN3O5S2. The van der Waals surface area contributed by atoms with Gasteiger partial charge < -0.3 is 14.4 Å². The number of aromatic nitrogens is 1. The van der Waals surface area contributed by atoms with Gasteiger partial charge in [0.1, 0.15) is 13.2 Å². The van der Waals surface area contributed by atoms with Gasteiger partial charge in [-0.15, -0.1) is 12.4 Å². The summed E-state index contributed by atoms with van der Waals surface area (Å²) in [5, 5.41) is 0.516. The van der Waals surface area contributed by atoms with Crippen LogP contribution in [0.5, 0.6) is 11.5 Å². The highest BCUT2D eigenvalue weighted by Crippen LogP contribution is 2.34. The number of thiazole rings is 1. The van der Waals surface area contributed by atoms with Crippen LogP contribution in [0.2, 0.25) is 0 Å². The fourth-order valence-corrected chi connectivity index (χ4v) is 4.91. The van der Waals surface area contributed by atoms with Gasteiger partial charge in [-0.3, -0.25) is 9.69 Å². The van der Waals surface area contributed by atoms with Crippen LogP contribution < -0.4 is 14.4 Å². The Balaban J connectivity index is 0.00000289. The molecule has 8 nitrogen and oxygen atoms in total. The minimum absolute atomic E-state index is 0. The van der Waals surface area contributed by atoms with Gasteiger partial charge in [0, 0.05) is 24.9 Å². The van der Waals surface area contributed by atoms with Crippen LogP contribution in [0.3, 0.4) is 0 Å². The van der Waals surface area contributed by atoms with Gasteiger partial charge >= 0.3 is 0 Å². The smallest absolute Gasteiger partial charge is 0.260 e. The summed E-state index contributed by atoms with van der Waals surface area (Å²) in [6.45, 7) is 1.99. The third-order valence-corrected chi connectivity index (χ3v) is 6.96. The molecule has 3 aromatic rings. The Morgan fingerprint density at radius 3 is 2.47 bits per heavy atom. The Kier molecular flexibility index (Phi) is 7.29. The third kappa shape index (κ3) is 5.15. The molecule has 0 aliphatic carbocycles. The first-order chi connectivity index (χ1) is 14.7. The number of halogens is 1. The fraction of sp³-hybridized carbons (Fsp3) is 0.333. The molecule has 1 aliphatic rings. The van der Waals surface area contributed by atoms with Crippen molar-refractivity contribution in [3.05, 3.63) is 42.0 Å². The van der Waals surface area contributed by atoms with Crippen LogP contribution in [-0.4, -0.2) is 70.9 Å². The molecule has 0 radical (unpaired) electrons. The van der Waals surface area contributed by atoms with Gasteiger partial charge in [0.25, 0.3) is 5.91 Å². The minimum Gasteiger partial charge on any atom is -0.486 e. The van der Waals surface area contributed by atoms with Crippen molar-refractivity contribution in [2.24, 2.45) is 0 Å². The summed E-state index contributed by atoms with van der Waals surface area (Å²) < 4.78 is 35.7. The second-order valence-corrected chi connectivity index (χ2v) is 10.5. The van der Waals surface area contributed by atoms with E-state index in [-0.39, 0.29) is 23.2 Å². The topological polar surface area (TPSA) is 89.0 Å². The van der Waals surface area contributed by atoms with Crippen molar-refractivity contribution in [1.29, 1.82) is 0 Å². The molecular weight excluding hydrogens is 474 g/mol. The number of amides is 1. The first kappa shape index (κ1) is 24.2. The number of rotatable bonds is 6. The Morgan fingerprint density at radius 2 is 1.78 bits per heavy atom. The van der Waals surface area contributed by atoms with Gasteiger partial charge in [0.05, 0.1) is 15.1 Å². The molecule has 0 saturated carbocycles. The lowest BCUT2D eigenvalue weighted by Crippen LogP contribution is -2.36. The highest BCUT2D eigenvalue weighted by Gasteiger charge is 2.24. The normalized spacial score (nSPS) is 13.1. The quantitative estimate of drug-likeness (QED) is 0.517. The van der Waals surface area contributed by atoms with Crippen LogP contribution >= 0.6 is 23.7 Å². The van der Waals surface area contributed by atoms with E-state index in [0.29, 0.717) is 58.7 Å². The first-order valence-corrected chi connectivity index (χ1v) is 12.4. The van der Waals surface area contributed by atoms with Crippen LogP contribution in [0.4, 0.5) is 5.13 Å². The summed E-state index contributed by atoms with van der Waals surface area (Å²) in [5.74, 6) is 0.962. The predicted molar refractivity (Wildman–Crippen MR) is 128 cm³/mol. The van der Waals surface area contributed by atoms with E-state index < -0.39 is 9.84 Å². The summed E-state index contributed by atoms with van der Waals surface area (Å²) in [5.41, 5.74) is 1.12. The molecule has 2 aromatic carbocycles. The number of likely N-dealkylation sites (N-methyl/N-ethyl adjacent to an activating group) is 1. The van der Waals surface area contributed by atoms with E-state index >= 15 is 0 Å². The summed E-state index contributed by atoms with van der Waals surface area (Å²) in [7, 11) is 0.539. The second-order valence-electron chi connectivity index (χ2n) is 7.52. The molecule has 1 amide bonds. The van der Waals surface area contributed by atoms with Gasteiger partial charge in [-0.2, -0.15) is 0 Å². The van der Waals surface area contributed by atoms with Crippen molar-refractivity contribution >= 4 is 54.8 Å². The highest BCUT2D eigenvalue weighted by molar-refractivity contribution is 7.90. The van der Waals surface area contributed by atoms with Crippen LogP contribution in [-0.2, 0) is 9.84 Å². The number of fused-ring (bicyclic) bond motifs is 2. The molecule has 0 N–H and O–H groups in total. The average molecular weight is 498 g/mol. The standard InChI is InChI=1S/C21H23N3O5S2.ClH/c1-23(2)8-9-24(20(25)14-4-7-17-18(12-14)29-11-10-28-17)21-22-16-6-5-15(31(3,26)27)13-19(16)30-21;/h4-7,12-13H,8-11H2,1-3H3;1H. The zero-order valence-corrected chi connectivity index (χ0v) is 20.3. The van der Waals surface area contributed by atoms with Crippen LogP contribution in [0, 0.1) is 0 Å². The molecule has 32 heavy (non-hydrogen) atoms. The SMILES string of the molecule is CN(C)CCN(C(=O)c1ccc2c(c1)OCCO2)c1nc2ccc(S(C)(=O)=O)cc2s1.Cl. The molecule has 0 unspecified atom stereocenters. The Morgan fingerprint density at radius 1 is 1.06 bits per heavy atom. The molecule has 172 valence electrons. The molecule has 0 saturated heterocycles. The fourth-order valence-electron chi connectivity index (χ4n) is 3.16. The van der Waals surface area contributed by atoms with Crippen molar-refractivity contribution in [2.75, 3.05) is 51.6 Å². The molecule has 4 rings (SSSR count).